The first kappa shape index (κ1) is 45.9. The van der Waals surface area contributed by atoms with Crippen molar-refractivity contribution in [2.75, 3.05) is 35.0 Å². The van der Waals surface area contributed by atoms with Gasteiger partial charge in [-0.15, -0.1) is 5.16 Å². The fourth-order valence-corrected chi connectivity index (χ4v) is 9.36. The van der Waals surface area contributed by atoms with Crippen LogP contribution in [0.25, 0.3) is 0 Å². The third-order valence-electron chi connectivity index (χ3n) is 13.0. The summed E-state index contributed by atoms with van der Waals surface area (Å²) < 4.78 is 39.4. The van der Waals surface area contributed by atoms with Crippen molar-refractivity contribution in [1.29, 1.82) is 0 Å². The number of oxime groups is 1. The van der Waals surface area contributed by atoms with Crippen LogP contribution in [-0.2, 0) is 20.7 Å². The van der Waals surface area contributed by atoms with E-state index in [1.54, 1.807) is 35.4 Å². The number of methoxy groups -OCH3 is 4. The van der Waals surface area contributed by atoms with Gasteiger partial charge in [-0.1, -0.05) is 116 Å². The highest BCUT2D eigenvalue weighted by atomic mass is 16.5. The summed E-state index contributed by atoms with van der Waals surface area (Å²) in [5, 5.41) is 14.7. The number of ether oxygens (including phenoxy) is 6. The molecular formula is C55H53N3O9. The lowest BCUT2D eigenvalue weighted by atomic mass is 9.77. The van der Waals surface area contributed by atoms with Crippen molar-refractivity contribution < 1.29 is 33.6 Å². The maximum Gasteiger partial charge on any atom is 0.328 e. The Morgan fingerprint density at radius 1 is 0.642 bits per heavy atom. The van der Waals surface area contributed by atoms with Crippen LogP contribution in [0.3, 0.4) is 0 Å². The van der Waals surface area contributed by atoms with Crippen molar-refractivity contribution in [2.24, 2.45) is 10.6 Å². The number of rotatable bonds is 17. The molecule has 0 bridgehead atoms. The predicted octanol–water partition coefficient (Wildman–Crippen LogP) is 9.21. The van der Waals surface area contributed by atoms with Gasteiger partial charge in [0.2, 0.25) is 0 Å². The van der Waals surface area contributed by atoms with Gasteiger partial charge in [0.25, 0.3) is 5.56 Å². The van der Waals surface area contributed by atoms with Gasteiger partial charge in [-0.05, 0) is 101 Å². The van der Waals surface area contributed by atoms with Gasteiger partial charge in [0.15, 0.2) is 0 Å². The molecular weight excluding hydrogens is 847 g/mol. The van der Waals surface area contributed by atoms with Gasteiger partial charge >= 0.3 is 5.69 Å². The van der Waals surface area contributed by atoms with E-state index in [2.05, 4.69) is 10.1 Å². The second-order valence-electron chi connectivity index (χ2n) is 16.4. The average Bonchev–Trinajstić information content (AvgIpc) is 3.64. The molecule has 12 nitrogen and oxygen atoms in total. The summed E-state index contributed by atoms with van der Waals surface area (Å²) in [7, 11) is 6.45. The molecule has 3 atom stereocenters. The van der Waals surface area contributed by atoms with E-state index in [0.717, 1.165) is 33.4 Å². The van der Waals surface area contributed by atoms with Crippen molar-refractivity contribution in [3.63, 3.8) is 0 Å². The number of aromatic nitrogens is 2. The van der Waals surface area contributed by atoms with Crippen LogP contribution in [0.2, 0.25) is 0 Å². The molecule has 67 heavy (non-hydrogen) atoms. The van der Waals surface area contributed by atoms with Gasteiger partial charge in [0, 0.05) is 11.8 Å². The molecule has 2 N–H and O–H groups in total. The van der Waals surface area contributed by atoms with Crippen molar-refractivity contribution >= 4 is 6.21 Å². The average molecular weight is 900 g/mol. The quantitative estimate of drug-likeness (QED) is 0.0301. The molecule has 7 aromatic rings. The fraction of sp³-hybridized carbons (Fsp3) is 0.218. The van der Waals surface area contributed by atoms with Crippen LogP contribution in [0.1, 0.15) is 51.4 Å². The highest BCUT2D eigenvalue weighted by Crippen LogP contribution is 2.55. The molecule has 0 spiro atoms. The highest BCUT2D eigenvalue weighted by Gasteiger charge is 2.57. The molecule has 3 unspecified atom stereocenters. The van der Waals surface area contributed by atoms with Gasteiger partial charge in [-0.2, -0.15) is 0 Å². The van der Waals surface area contributed by atoms with Gasteiger partial charge in [-0.25, -0.2) is 4.79 Å². The summed E-state index contributed by atoms with van der Waals surface area (Å²) >= 11 is 0. The topological polar surface area (TPSA) is 143 Å². The van der Waals surface area contributed by atoms with E-state index in [-0.39, 0.29) is 13.0 Å². The van der Waals surface area contributed by atoms with E-state index in [1.165, 1.54) is 17.0 Å². The zero-order valence-corrected chi connectivity index (χ0v) is 38.0. The Balaban J connectivity index is 1.40. The number of aryl methyl sites for hydroxylation is 1. The van der Waals surface area contributed by atoms with Crippen molar-refractivity contribution in [3.8, 4) is 23.0 Å². The maximum atomic E-state index is 13.9. The van der Waals surface area contributed by atoms with E-state index in [4.69, 9.17) is 35.0 Å². The number of hydrogen-bond donors (Lipinski definition) is 2. The fourth-order valence-electron chi connectivity index (χ4n) is 9.36. The molecule has 1 aliphatic rings. The van der Waals surface area contributed by atoms with Crippen molar-refractivity contribution in [3.05, 3.63) is 236 Å². The zero-order valence-electron chi connectivity index (χ0n) is 38.0. The summed E-state index contributed by atoms with van der Waals surface area (Å²) in [6, 6.07) is 49.6. The Morgan fingerprint density at radius 3 is 1.43 bits per heavy atom. The van der Waals surface area contributed by atoms with Crippen molar-refractivity contribution in [2.45, 2.75) is 36.7 Å². The lowest BCUT2D eigenvalue weighted by molar-refractivity contribution is -0.103. The van der Waals surface area contributed by atoms with Gasteiger partial charge < -0.3 is 33.6 Å². The molecule has 6 aromatic carbocycles. The zero-order chi connectivity index (χ0) is 47.2. The minimum atomic E-state index is -1.49. The number of hydrogen-bond acceptors (Lipinski definition) is 10. The van der Waals surface area contributed by atoms with Gasteiger partial charge in [-0.3, -0.25) is 14.3 Å². The molecule has 0 radical (unpaired) electrons. The number of aromatic amines is 1. The van der Waals surface area contributed by atoms with Crippen LogP contribution in [0.5, 0.6) is 23.0 Å². The van der Waals surface area contributed by atoms with Crippen LogP contribution >= 0.6 is 0 Å². The standard InChI is InChI=1S/C55H53N3O9/c1-37-34-58(52(60)57-51(37)59)49-33-50(67-55(40-15-11-8-12-16-40,43-21-29-47(64-5)30-22-43)44-23-31-48(65-6)32-24-44)53(35-56-61,38(49)2)36-66-54(39-13-9-7-10-14-39,41-17-25-45(62-3)26-18-41)42-19-27-46(63-4)28-20-42/h7-32,34-35,49-50,61H,2,33,36H2,1,3-6H3,(H,57,59,60)/b56-35+. The summed E-state index contributed by atoms with van der Waals surface area (Å²) in [5.41, 5.74) is 0.0595. The van der Waals surface area contributed by atoms with E-state index in [9.17, 15) is 14.8 Å². The Kier molecular flexibility index (Phi) is 13.3. The molecule has 342 valence electrons. The van der Waals surface area contributed by atoms with Crippen LogP contribution in [0, 0.1) is 12.3 Å². The van der Waals surface area contributed by atoms with Crippen LogP contribution in [-0.4, -0.2) is 62.1 Å². The number of nitrogens with zero attached hydrogens (tertiary/aromatic N) is 2. The summed E-state index contributed by atoms with van der Waals surface area (Å²) in [6.45, 7) is 6.14. The van der Waals surface area contributed by atoms with Gasteiger partial charge in [0.1, 0.15) is 34.2 Å². The second kappa shape index (κ2) is 19.4. The second-order valence-corrected chi connectivity index (χ2v) is 16.4. The molecule has 8 rings (SSSR count). The van der Waals surface area contributed by atoms with E-state index < -0.39 is 40.0 Å². The molecule has 1 aliphatic carbocycles. The third kappa shape index (κ3) is 8.41. The third-order valence-corrected chi connectivity index (χ3v) is 13.0. The minimum absolute atomic E-state index is 0.129. The minimum Gasteiger partial charge on any atom is -0.497 e. The van der Waals surface area contributed by atoms with Crippen LogP contribution in [0.15, 0.2) is 191 Å². The van der Waals surface area contributed by atoms with Gasteiger partial charge in [0.05, 0.1) is 58.8 Å². The summed E-state index contributed by atoms with van der Waals surface area (Å²) in [6.07, 6.45) is 2.11. The molecule has 1 fully saturated rings. The smallest absolute Gasteiger partial charge is 0.328 e. The molecule has 0 amide bonds. The van der Waals surface area contributed by atoms with E-state index >= 15 is 0 Å². The Labute approximate surface area is 389 Å². The molecule has 1 aromatic heterocycles. The number of benzene rings is 6. The monoisotopic (exact) mass is 899 g/mol. The summed E-state index contributed by atoms with van der Waals surface area (Å²) in [5.74, 6) is 2.60. The first-order chi connectivity index (χ1) is 32.6. The number of H-pyrrole nitrogens is 1. The predicted molar refractivity (Wildman–Crippen MR) is 257 cm³/mol. The largest absolute Gasteiger partial charge is 0.497 e. The SMILES string of the molecule is C=C1C(n2cc(C)c(=O)[nH]c2=O)CC(OC(c2ccccc2)(c2ccc(OC)cc2)c2ccc(OC)cc2)C1(/C=N/O)COC(c1ccccc1)(c1ccc(OC)cc1)c1ccc(OC)cc1. The first-order valence-electron chi connectivity index (χ1n) is 21.8. The number of nitrogens with one attached hydrogen (secondary N) is 1. The molecule has 0 saturated heterocycles. The van der Waals surface area contributed by atoms with E-state index in [1.807, 2.05) is 158 Å². The van der Waals surface area contributed by atoms with Crippen LogP contribution in [0.4, 0.5) is 0 Å². The van der Waals surface area contributed by atoms with Crippen molar-refractivity contribution in [1.82, 2.24) is 9.55 Å². The maximum absolute atomic E-state index is 13.9. The first-order valence-corrected chi connectivity index (χ1v) is 21.8. The highest BCUT2D eigenvalue weighted by molar-refractivity contribution is 5.73. The molecule has 1 heterocycles. The Morgan fingerprint density at radius 2 is 1.03 bits per heavy atom. The van der Waals surface area contributed by atoms with E-state index in [0.29, 0.717) is 34.1 Å². The Hall–Kier alpha value is -7.67. The molecule has 1 saturated carbocycles. The summed E-state index contributed by atoms with van der Waals surface area (Å²) in [4.78, 5) is 29.2. The lowest BCUT2D eigenvalue weighted by Gasteiger charge is -2.44. The lowest BCUT2D eigenvalue weighted by Crippen LogP contribution is -2.47. The molecule has 12 heteroatoms. The van der Waals surface area contributed by atoms with Crippen LogP contribution < -0.4 is 30.2 Å². The molecule has 0 aliphatic heterocycles. The normalized spacial score (nSPS) is 17.4. The Bertz CT molecular complexity index is 2840.